The van der Waals surface area contributed by atoms with Crippen molar-refractivity contribution < 1.29 is 0 Å². The van der Waals surface area contributed by atoms with Gasteiger partial charge in [0.2, 0.25) is 0 Å². The first kappa shape index (κ1) is 14.3. The van der Waals surface area contributed by atoms with Gasteiger partial charge in [-0.05, 0) is 68.4 Å². The predicted octanol–water partition coefficient (Wildman–Crippen LogP) is 4.18. The Labute approximate surface area is 122 Å². The van der Waals surface area contributed by atoms with Crippen LogP contribution >= 0.6 is 12.2 Å². The summed E-state index contributed by atoms with van der Waals surface area (Å²) in [6, 6.07) is 7.21. The third-order valence-corrected chi connectivity index (χ3v) is 4.02. The Morgan fingerprint density at radius 3 is 2.74 bits per heavy atom. The van der Waals surface area contributed by atoms with E-state index in [1.165, 1.54) is 49.7 Å². The summed E-state index contributed by atoms with van der Waals surface area (Å²) in [6.07, 6.45) is 7.49. The molecule has 0 atom stereocenters. The van der Waals surface area contributed by atoms with Crippen molar-refractivity contribution in [2.75, 3.05) is 5.32 Å². The van der Waals surface area contributed by atoms with Gasteiger partial charge in [-0.25, -0.2) is 0 Å². The van der Waals surface area contributed by atoms with Crippen LogP contribution in [0, 0.1) is 6.92 Å². The summed E-state index contributed by atoms with van der Waals surface area (Å²) in [5.41, 5.74) is 3.81. The van der Waals surface area contributed by atoms with Crippen LogP contribution in [0.15, 0.2) is 18.2 Å². The molecule has 1 aliphatic rings. The molecule has 0 radical (unpaired) electrons. The summed E-state index contributed by atoms with van der Waals surface area (Å²) < 4.78 is 0. The molecule has 0 unspecified atom stereocenters. The van der Waals surface area contributed by atoms with Crippen LogP contribution < -0.4 is 10.6 Å². The molecule has 1 aromatic rings. The number of hydrogen-bond donors (Lipinski definition) is 2. The first-order valence-corrected chi connectivity index (χ1v) is 7.77. The van der Waals surface area contributed by atoms with E-state index < -0.39 is 0 Å². The van der Waals surface area contributed by atoms with Crippen molar-refractivity contribution in [1.29, 1.82) is 0 Å². The molecule has 104 valence electrons. The van der Waals surface area contributed by atoms with Gasteiger partial charge in [-0.15, -0.1) is 0 Å². The zero-order valence-electron chi connectivity index (χ0n) is 12.0. The average Bonchev–Trinajstić information content (AvgIpc) is 2.34. The molecule has 1 aromatic carbocycles. The van der Waals surface area contributed by atoms with Crippen LogP contribution in [0.25, 0.3) is 0 Å². The molecule has 0 aromatic heterocycles. The van der Waals surface area contributed by atoms with Gasteiger partial charge >= 0.3 is 0 Å². The molecule has 0 saturated heterocycles. The van der Waals surface area contributed by atoms with Crippen LogP contribution in [-0.4, -0.2) is 11.2 Å². The van der Waals surface area contributed by atoms with Crippen LogP contribution in [0.4, 0.5) is 5.69 Å². The van der Waals surface area contributed by atoms with E-state index in [0.29, 0.717) is 6.04 Å². The second-order valence-electron chi connectivity index (χ2n) is 5.48. The van der Waals surface area contributed by atoms with Gasteiger partial charge in [0.25, 0.3) is 0 Å². The van der Waals surface area contributed by atoms with Gasteiger partial charge < -0.3 is 10.6 Å². The van der Waals surface area contributed by atoms with E-state index >= 15 is 0 Å². The Morgan fingerprint density at radius 1 is 1.37 bits per heavy atom. The summed E-state index contributed by atoms with van der Waals surface area (Å²) in [4.78, 5) is 0. The van der Waals surface area contributed by atoms with Gasteiger partial charge in [-0.1, -0.05) is 25.5 Å². The largest absolute Gasteiger partial charge is 0.360 e. The van der Waals surface area contributed by atoms with E-state index in [2.05, 4.69) is 42.7 Å². The topological polar surface area (TPSA) is 24.1 Å². The molecular formula is C16H24N2S. The first-order valence-electron chi connectivity index (χ1n) is 7.36. The molecule has 2 N–H and O–H groups in total. The van der Waals surface area contributed by atoms with E-state index in [9.17, 15) is 0 Å². The van der Waals surface area contributed by atoms with E-state index in [1.807, 2.05) is 0 Å². The summed E-state index contributed by atoms with van der Waals surface area (Å²) in [7, 11) is 0. The van der Waals surface area contributed by atoms with E-state index in [-0.39, 0.29) is 0 Å². The molecule has 2 rings (SSSR count). The second-order valence-corrected chi connectivity index (χ2v) is 5.89. The lowest BCUT2D eigenvalue weighted by atomic mass is 9.93. The maximum atomic E-state index is 5.35. The molecule has 0 aliphatic heterocycles. The van der Waals surface area contributed by atoms with Crippen molar-refractivity contribution >= 4 is 23.0 Å². The lowest BCUT2D eigenvalue weighted by molar-refractivity contribution is 0.385. The molecule has 1 fully saturated rings. The van der Waals surface area contributed by atoms with Crippen LogP contribution in [0.5, 0.6) is 0 Å². The molecule has 19 heavy (non-hydrogen) atoms. The van der Waals surface area contributed by atoms with Crippen molar-refractivity contribution in [2.24, 2.45) is 0 Å². The average molecular weight is 276 g/mol. The standard InChI is InChI=1S/C16H24N2S/c1-3-4-6-13-9-10-15(12(2)11-13)18-16(19)17-14-7-5-8-14/h9-11,14H,3-8H2,1-2H3,(H2,17,18,19). The molecule has 0 amide bonds. The number of thiocarbonyl (C=S) groups is 1. The SMILES string of the molecule is CCCCc1ccc(NC(=S)NC2CCC2)c(C)c1. The normalized spacial score (nSPS) is 14.8. The Morgan fingerprint density at radius 2 is 2.16 bits per heavy atom. The van der Waals surface area contributed by atoms with Gasteiger partial charge in [0.15, 0.2) is 5.11 Å². The highest BCUT2D eigenvalue weighted by Gasteiger charge is 2.17. The van der Waals surface area contributed by atoms with Gasteiger partial charge in [0.1, 0.15) is 0 Å². The maximum Gasteiger partial charge on any atom is 0.171 e. The van der Waals surface area contributed by atoms with Gasteiger partial charge in [-0.3, -0.25) is 0 Å². The van der Waals surface area contributed by atoms with E-state index in [0.717, 1.165) is 10.8 Å². The minimum atomic E-state index is 0.587. The number of benzene rings is 1. The molecule has 1 saturated carbocycles. The van der Waals surface area contributed by atoms with Crippen LogP contribution in [0.1, 0.15) is 50.2 Å². The summed E-state index contributed by atoms with van der Waals surface area (Å²) in [6.45, 7) is 4.37. The molecular weight excluding hydrogens is 252 g/mol. The van der Waals surface area contributed by atoms with Crippen molar-refractivity contribution in [3.63, 3.8) is 0 Å². The predicted molar refractivity (Wildman–Crippen MR) is 86.8 cm³/mol. The lowest BCUT2D eigenvalue weighted by Gasteiger charge is -2.28. The van der Waals surface area contributed by atoms with Crippen LogP contribution in [0.2, 0.25) is 0 Å². The Kier molecular flexibility index (Phi) is 5.20. The summed E-state index contributed by atoms with van der Waals surface area (Å²) in [5, 5.41) is 7.43. The number of nitrogens with one attached hydrogen (secondary N) is 2. The Bertz CT molecular complexity index is 438. The van der Waals surface area contributed by atoms with Gasteiger partial charge in [-0.2, -0.15) is 0 Å². The fraction of sp³-hybridized carbons (Fsp3) is 0.562. The quantitative estimate of drug-likeness (QED) is 0.789. The minimum Gasteiger partial charge on any atom is -0.360 e. The molecule has 1 aliphatic carbocycles. The second kappa shape index (κ2) is 6.90. The summed E-state index contributed by atoms with van der Waals surface area (Å²) >= 11 is 5.35. The molecule has 0 heterocycles. The molecule has 2 nitrogen and oxygen atoms in total. The number of unbranched alkanes of at least 4 members (excludes halogenated alkanes) is 1. The third-order valence-electron chi connectivity index (χ3n) is 3.80. The number of rotatable bonds is 5. The van der Waals surface area contributed by atoms with Crippen molar-refractivity contribution in [3.8, 4) is 0 Å². The van der Waals surface area contributed by atoms with Crippen molar-refractivity contribution in [3.05, 3.63) is 29.3 Å². The van der Waals surface area contributed by atoms with Crippen LogP contribution in [-0.2, 0) is 6.42 Å². The maximum absolute atomic E-state index is 5.35. The fourth-order valence-electron chi connectivity index (χ4n) is 2.30. The fourth-order valence-corrected chi connectivity index (χ4v) is 2.58. The highest BCUT2D eigenvalue weighted by Crippen LogP contribution is 2.20. The lowest BCUT2D eigenvalue weighted by Crippen LogP contribution is -2.41. The molecule has 0 spiro atoms. The van der Waals surface area contributed by atoms with E-state index in [4.69, 9.17) is 12.2 Å². The highest BCUT2D eigenvalue weighted by molar-refractivity contribution is 7.80. The summed E-state index contributed by atoms with van der Waals surface area (Å²) in [5.74, 6) is 0. The first-order chi connectivity index (χ1) is 9.19. The molecule has 3 heteroatoms. The Balaban J connectivity index is 1.90. The Hall–Kier alpha value is -1.09. The van der Waals surface area contributed by atoms with Gasteiger partial charge in [0.05, 0.1) is 0 Å². The van der Waals surface area contributed by atoms with E-state index in [1.54, 1.807) is 0 Å². The van der Waals surface area contributed by atoms with Gasteiger partial charge in [0, 0.05) is 11.7 Å². The van der Waals surface area contributed by atoms with Crippen molar-refractivity contribution in [1.82, 2.24) is 5.32 Å². The number of anilines is 1. The highest BCUT2D eigenvalue weighted by atomic mass is 32.1. The zero-order valence-corrected chi connectivity index (χ0v) is 12.8. The van der Waals surface area contributed by atoms with Crippen LogP contribution in [0.3, 0.4) is 0 Å². The molecule has 0 bridgehead atoms. The smallest absolute Gasteiger partial charge is 0.171 e. The third kappa shape index (κ3) is 4.20. The number of hydrogen-bond acceptors (Lipinski definition) is 1. The zero-order chi connectivity index (χ0) is 13.7. The minimum absolute atomic E-state index is 0.587. The monoisotopic (exact) mass is 276 g/mol. The van der Waals surface area contributed by atoms with Crippen molar-refractivity contribution in [2.45, 2.75) is 58.4 Å². The number of aryl methyl sites for hydroxylation is 2.